The molecule has 0 aliphatic carbocycles. The summed E-state index contributed by atoms with van der Waals surface area (Å²) in [6, 6.07) is 1.05. The maximum atomic E-state index is 14.0. The van der Waals surface area contributed by atoms with E-state index in [0.717, 1.165) is 19.2 Å². The Bertz CT molecular complexity index is 462. The van der Waals surface area contributed by atoms with E-state index in [1.807, 2.05) is 0 Å². The van der Waals surface area contributed by atoms with E-state index in [2.05, 4.69) is 5.32 Å². The smallest absolute Gasteiger partial charge is 0.187 e. The zero-order valence-electron chi connectivity index (χ0n) is 9.84. The molecule has 0 bridgehead atoms. The van der Waals surface area contributed by atoms with Crippen LogP contribution in [0.25, 0.3) is 0 Å². The van der Waals surface area contributed by atoms with Gasteiger partial charge < -0.3 is 19.7 Å². The summed E-state index contributed by atoms with van der Waals surface area (Å²) in [6.45, 7) is 3.44. The van der Waals surface area contributed by atoms with E-state index in [9.17, 15) is 8.78 Å². The highest BCUT2D eigenvalue weighted by Crippen LogP contribution is 2.42. The quantitative estimate of drug-likeness (QED) is 0.817. The Hall–Kier alpha value is -1.56. The van der Waals surface area contributed by atoms with Gasteiger partial charge in [0.05, 0.1) is 0 Å². The van der Waals surface area contributed by atoms with Crippen LogP contribution in [0.1, 0.15) is 0 Å². The monoisotopic (exact) mass is 256 g/mol. The second-order valence-corrected chi connectivity index (χ2v) is 4.28. The van der Waals surface area contributed by atoms with Crippen molar-refractivity contribution in [2.45, 2.75) is 0 Å². The fraction of sp³-hybridized carbons (Fsp3) is 0.500. The average molecular weight is 256 g/mol. The summed E-state index contributed by atoms with van der Waals surface area (Å²) in [4.78, 5) is 1.79. The van der Waals surface area contributed by atoms with Gasteiger partial charge in [-0.2, -0.15) is 0 Å². The molecule has 1 N–H and O–H groups in total. The minimum absolute atomic E-state index is 0.186. The number of benzene rings is 1. The van der Waals surface area contributed by atoms with Crippen molar-refractivity contribution in [3.8, 4) is 11.5 Å². The van der Waals surface area contributed by atoms with Gasteiger partial charge in [0.25, 0.3) is 0 Å². The van der Waals surface area contributed by atoms with Gasteiger partial charge in [-0.1, -0.05) is 0 Å². The standard InChI is InChI=1S/C12H14F2N2O2/c13-8-7-9-12(18-6-5-17-9)11(10(8)14)16-3-1-15-2-4-16/h7,15H,1-6H2. The van der Waals surface area contributed by atoms with Crippen molar-refractivity contribution in [2.24, 2.45) is 0 Å². The van der Waals surface area contributed by atoms with Crippen molar-refractivity contribution in [1.82, 2.24) is 5.32 Å². The highest BCUT2D eigenvalue weighted by atomic mass is 19.2. The molecule has 1 aromatic carbocycles. The first kappa shape index (κ1) is 11.5. The van der Waals surface area contributed by atoms with Gasteiger partial charge in [-0.25, -0.2) is 8.78 Å². The summed E-state index contributed by atoms with van der Waals surface area (Å²) in [5.74, 6) is -1.15. The molecular weight excluding hydrogens is 242 g/mol. The van der Waals surface area contributed by atoms with E-state index in [1.54, 1.807) is 4.90 Å². The number of rotatable bonds is 1. The van der Waals surface area contributed by atoms with E-state index < -0.39 is 11.6 Å². The van der Waals surface area contributed by atoms with Gasteiger partial charge in [0.15, 0.2) is 23.1 Å². The molecule has 2 heterocycles. The fourth-order valence-electron chi connectivity index (χ4n) is 2.29. The molecule has 2 aliphatic heterocycles. The van der Waals surface area contributed by atoms with Crippen LogP contribution >= 0.6 is 0 Å². The van der Waals surface area contributed by atoms with Gasteiger partial charge in [0, 0.05) is 32.2 Å². The topological polar surface area (TPSA) is 33.7 Å². The zero-order valence-corrected chi connectivity index (χ0v) is 9.84. The molecule has 0 spiro atoms. The van der Waals surface area contributed by atoms with Crippen LogP contribution in [0.3, 0.4) is 0 Å². The molecule has 0 aromatic heterocycles. The maximum Gasteiger partial charge on any atom is 0.187 e. The lowest BCUT2D eigenvalue weighted by Gasteiger charge is -2.32. The molecule has 1 fully saturated rings. The number of nitrogens with one attached hydrogen (secondary N) is 1. The summed E-state index contributed by atoms with van der Waals surface area (Å²) in [6.07, 6.45) is 0. The largest absolute Gasteiger partial charge is 0.486 e. The highest BCUT2D eigenvalue weighted by Gasteiger charge is 2.28. The van der Waals surface area contributed by atoms with Crippen LogP contribution in [-0.2, 0) is 0 Å². The van der Waals surface area contributed by atoms with E-state index in [0.29, 0.717) is 32.1 Å². The summed E-state index contributed by atoms with van der Waals surface area (Å²) < 4.78 is 38.3. The van der Waals surface area contributed by atoms with Crippen molar-refractivity contribution in [2.75, 3.05) is 44.3 Å². The Morgan fingerprint density at radius 1 is 1.11 bits per heavy atom. The normalized spacial score (nSPS) is 18.9. The Labute approximate surface area is 103 Å². The third-order valence-electron chi connectivity index (χ3n) is 3.13. The summed E-state index contributed by atoms with van der Waals surface area (Å²) in [5.41, 5.74) is 0.186. The van der Waals surface area contributed by atoms with E-state index in [1.165, 1.54) is 0 Å². The van der Waals surface area contributed by atoms with Gasteiger partial charge in [0.1, 0.15) is 18.9 Å². The second kappa shape index (κ2) is 4.61. The van der Waals surface area contributed by atoms with E-state index >= 15 is 0 Å². The van der Waals surface area contributed by atoms with Crippen LogP contribution in [-0.4, -0.2) is 39.4 Å². The lowest BCUT2D eigenvalue weighted by atomic mass is 10.2. The lowest BCUT2D eigenvalue weighted by molar-refractivity contribution is 0.170. The lowest BCUT2D eigenvalue weighted by Crippen LogP contribution is -2.44. The number of halogens is 2. The summed E-state index contributed by atoms with van der Waals surface area (Å²) in [5, 5.41) is 3.17. The second-order valence-electron chi connectivity index (χ2n) is 4.28. The Morgan fingerprint density at radius 3 is 2.61 bits per heavy atom. The predicted molar refractivity (Wildman–Crippen MR) is 62.4 cm³/mol. The van der Waals surface area contributed by atoms with Gasteiger partial charge in [-0.3, -0.25) is 0 Å². The molecule has 0 atom stereocenters. The van der Waals surface area contributed by atoms with Crippen LogP contribution < -0.4 is 19.7 Å². The fourth-order valence-corrected chi connectivity index (χ4v) is 2.29. The molecule has 1 aromatic rings. The number of anilines is 1. The number of hydrogen-bond donors (Lipinski definition) is 1. The first-order valence-corrected chi connectivity index (χ1v) is 6.00. The van der Waals surface area contributed by atoms with Gasteiger partial charge in [-0.05, 0) is 0 Å². The maximum absolute atomic E-state index is 14.0. The molecule has 18 heavy (non-hydrogen) atoms. The van der Waals surface area contributed by atoms with Crippen LogP contribution in [0, 0.1) is 11.6 Å². The number of hydrogen-bond acceptors (Lipinski definition) is 4. The number of piperazine rings is 1. The molecule has 6 heteroatoms. The molecule has 4 nitrogen and oxygen atoms in total. The van der Waals surface area contributed by atoms with Crippen molar-refractivity contribution >= 4 is 5.69 Å². The van der Waals surface area contributed by atoms with Gasteiger partial charge in [-0.15, -0.1) is 0 Å². The van der Waals surface area contributed by atoms with Crippen LogP contribution in [0.15, 0.2) is 6.07 Å². The molecule has 98 valence electrons. The molecule has 0 radical (unpaired) electrons. The molecule has 1 saturated heterocycles. The third kappa shape index (κ3) is 1.86. The summed E-state index contributed by atoms with van der Waals surface area (Å²) in [7, 11) is 0. The number of fused-ring (bicyclic) bond motifs is 1. The van der Waals surface area contributed by atoms with Crippen LogP contribution in [0.4, 0.5) is 14.5 Å². The van der Waals surface area contributed by atoms with Gasteiger partial charge >= 0.3 is 0 Å². The number of nitrogens with zero attached hydrogens (tertiary/aromatic N) is 1. The van der Waals surface area contributed by atoms with Crippen molar-refractivity contribution in [3.05, 3.63) is 17.7 Å². The predicted octanol–water partition coefficient (Wildman–Crippen LogP) is 1.15. The molecule has 3 rings (SSSR count). The van der Waals surface area contributed by atoms with Crippen molar-refractivity contribution in [3.63, 3.8) is 0 Å². The molecule has 0 amide bonds. The highest BCUT2D eigenvalue weighted by molar-refractivity contribution is 5.66. The van der Waals surface area contributed by atoms with Crippen molar-refractivity contribution < 1.29 is 18.3 Å². The Kier molecular flexibility index (Phi) is 2.95. The van der Waals surface area contributed by atoms with E-state index in [-0.39, 0.29) is 11.4 Å². The minimum atomic E-state index is -0.896. The third-order valence-corrected chi connectivity index (χ3v) is 3.13. The Morgan fingerprint density at radius 2 is 1.83 bits per heavy atom. The first-order chi connectivity index (χ1) is 8.77. The van der Waals surface area contributed by atoms with Crippen molar-refractivity contribution in [1.29, 1.82) is 0 Å². The first-order valence-electron chi connectivity index (χ1n) is 6.00. The summed E-state index contributed by atoms with van der Waals surface area (Å²) >= 11 is 0. The van der Waals surface area contributed by atoms with Crippen LogP contribution in [0.2, 0.25) is 0 Å². The SMILES string of the molecule is Fc1cc2c(c(N3CCNCC3)c1F)OCCO2. The average Bonchev–Trinajstić information content (AvgIpc) is 2.41. The molecule has 2 aliphatic rings. The molecular formula is C12H14F2N2O2. The molecule has 0 saturated carbocycles. The minimum Gasteiger partial charge on any atom is -0.486 e. The molecule has 0 unspecified atom stereocenters. The van der Waals surface area contributed by atoms with Gasteiger partial charge in [0.2, 0.25) is 0 Å². The van der Waals surface area contributed by atoms with E-state index in [4.69, 9.17) is 9.47 Å². The zero-order chi connectivity index (χ0) is 12.5. The number of ether oxygens (including phenoxy) is 2. The van der Waals surface area contributed by atoms with Crippen LogP contribution in [0.5, 0.6) is 11.5 Å². The Balaban J connectivity index is 2.07.